The summed E-state index contributed by atoms with van der Waals surface area (Å²) >= 11 is 0. The summed E-state index contributed by atoms with van der Waals surface area (Å²) in [5.41, 5.74) is 0. The Morgan fingerprint density at radius 2 is 1.00 bits per heavy atom. The monoisotopic (exact) mass is 414 g/mol. The topological polar surface area (TPSA) is 77.4 Å². The minimum Gasteiger partial charge on any atom is -0.748 e. The number of aliphatic hydroxyl groups excluding tert-OH is 1. The zero-order chi connectivity index (χ0) is 19.5. The summed E-state index contributed by atoms with van der Waals surface area (Å²) in [7, 11) is -4.19. The first kappa shape index (κ1) is 30.1. The van der Waals surface area contributed by atoms with Crippen molar-refractivity contribution >= 4 is 10.1 Å². The number of hydrogen-bond donors (Lipinski definition) is 1. The molecule has 0 bridgehead atoms. The molecule has 1 atom stereocenters. The van der Waals surface area contributed by atoms with Crippen molar-refractivity contribution in [1.29, 1.82) is 0 Å². The third kappa shape index (κ3) is 21.4. The molecule has 0 rings (SSSR count). The Morgan fingerprint density at radius 1 is 0.667 bits per heavy atom. The van der Waals surface area contributed by atoms with Crippen LogP contribution in [0.25, 0.3) is 0 Å². The van der Waals surface area contributed by atoms with E-state index in [9.17, 15) is 13.0 Å². The average molecular weight is 415 g/mol. The van der Waals surface area contributed by atoms with Gasteiger partial charge in [-0.1, -0.05) is 96.8 Å². The maximum atomic E-state index is 11.3. The van der Waals surface area contributed by atoms with Crippen LogP contribution < -0.4 is 29.6 Å². The van der Waals surface area contributed by atoms with Crippen LogP contribution in [0, 0.1) is 0 Å². The molecule has 0 aliphatic heterocycles. The first-order valence-electron chi connectivity index (χ1n) is 11.1. The van der Waals surface area contributed by atoms with E-state index in [1.807, 2.05) is 0 Å². The fourth-order valence-electron chi connectivity index (χ4n) is 3.48. The Kier molecular flexibility index (Phi) is 24.0. The average Bonchev–Trinajstić information content (AvgIpc) is 2.59. The smallest absolute Gasteiger partial charge is 0.748 e. The molecule has 0 aliphatic carbocycles. The van der Waals surface area contributed by atoms with E-state index < -0.39 is 15.4 Å². The van der Waals surface area contributed by atoms with E-state index in [2.05, 4.69) is 6.92 Å². The SMILES string of the molecule is CCCCCCCCCCCCCCCCC(CCCCO)S(=O)(=O)[O-].[Na+]. The van der Waals surface area contributed by atoms with Crippen LogP contribution >= 0.6 is 0 Å². The Bertz CT molecular complexity index is 388. The zero-order valence-corrected chi connectivity index (χ0v) is 20.9. The van der Waals surface area contributed by atoms with Crippen molar-refractivity contribution in [2.45, 2.75) is 128 Å². The van der Waals surface area contributed by atoms with E-state index in [0.29, 0.717) is 25.7 Å². The van der Waals surface area contributed by atoms with Crippen molar-refractivity contribution in [3.05, 3.63) is 0 Å². The van der Waals surface area contributed by atoms with Gasteiger partial charge in [-0.3, -0.25) is 0 Å². The van der Waals surface area contributed by atoms with Crippen molar-refractivity contribution in [2.75, 3.05) is 6.61 Å². The molecule has 0 amide bonds. The van der Waals surface area contributed by atoms with Gasteiger partial charge in [0.05, 0.1) is 10.1 Å². The molecule has 0 saturated heterocycles. The van der Waals surface area contributed by atoms with E-state index in [0.717, 1.165) is 19.3 Å². The molecule has 0 aromatic heterocycles. The van der Waals surface area contributed by atoms with Gasteiger partial charge in [0.1, 0.15) is 0 Å². The van der Waals surface area contributed by atoms with Crippen LogP contribution in [0.1, 0.15) is 122 Å². The maximum Gasteiger partial charge on any atom is 1.00 e. The summed E-state index contributed by atoms with van der Waals surface area (Å²) in [5, 5.41) is 8.00. The van der Waals surface area contributed by atoms with E-state index in [1.165, 1.54) is 70.6 Å². The summed E-state index contributed by atoms with van der Waals surface area (Å²) in [6, 6.07) is 0. The van der Waals surface area contributed by atoms with Gasteiger partial charge in [0.25, 0.3) is 0 Å². The largest absolute Gasteiger partial charge is 1.00 e. The van der Waals surface area contributed by atoms with Crippen LogP contribution in [0.2, 0.25) is 0 Å². The van der Waals surface area contributed by atoms with Gasteiger partial charge >= 0.3 is 29.6 Å². The molecule has 4 nitrogen and oxygen atoms in total. The van der Waals surface area contributed by atoms with Gasteiger partial charge in [-0.05, 0) is 25.7 Å². The van der Waals surface area contributed by atoms with Crippen molar-refractivity contribution in [3.63, 3.8) is 0 Å². The minimum absolute atomic E-state index is 0. The molecule has 0 aliphatic rings. The normalized spacial score (nSPS) is 12.7. The summed E-state index contributed by atoms with van der Waals surface area (Å²) in [5.74, 6) is 0. The van der Waals surface area contributed by atoms with Crippen LogP contribution in [-0.4, -0.2) is 29.9 Å². The minimum atomic E-state index is -4.19. The number of hydrogen-bond acceptors (Lipinski definition) is 4. The number of rotatable bonds is 20. The molecule has 1 unspecified atom stereocenters. The molecule has 27 heavy (non-hydrogen) atoms. The summed E-state index contributed by atoms with van der Waals surface area (Å²) in [6.07, 6.45) is 19.8. The van der Waals surface area contributed by atoms with Crippen molar-refractivity contribution in [3.8, 4) is 0 Å². The van der Waals surface area contributed by atoms with Crippen LogP contribution in [-0.2, 0) is 10.1 Å². The molecule has 0 aromatic rings. The molecular weight excluding hydrogens is 371 g/mol. The van der Waals surface area contributed by atoms with Gasteiger partial charge in [-0.2, -0.15) is 0 Å². The Labute approximate surface area is 191 Å². The van der Waals surface area contributed by atoms with Gasteiger partial charge < -0.3 is 9.66 Å². The summed E-state index contributed by atoms with van der Waals surface area (Å²) in [6.45, 7) is 2.31. The first-order valence-corrected chi connectivity index (χ1v) is 12.5. The van der Waals surface area contributed by atoms with E-state index in [1.54, 1.807) is 0 Å². The molecule has 0 radical (unpaired) electrons. The summed E-state index contributed by atoms with van der Waals surface area (Å²) in [4.78, 5) is 0. The van der Waals surface area contributed by atoms with Gasteiger partial charge in [0.15, 0.2) is 0 Å². The Balaban J connectivity index is 0. The predicted molar refractivity (Wildman–Crippen MR) is 109 cm³/mol. The second-order valence-electron chi connectivity index (χ2n) is 7.72. The quantitative estimate of drug-likeness (QED) is 0.189. The van der Waals surface area contributed by atoms with Crippen LogP contribution in [0.15, 0.2) is 0 Å². The molecule has 0 aromatic carbocycles. The zero-order valence-electron chi connectivity index (χ0n) is 18.1. The van der Waals surface area contributed by atoms with Crippen LogP contribution in [0.4, 0.5) is 0 Å². The van der Waals surface area contributed by atoms with Crippen molar-refractivity contribution in [2.24, 2.45) is 0 Å². The van der Waals surface area contributed by atoms with Crippen LogP contribution in [0.3, 0.4) is 0 Å². The van der Waals surface area contributed by atoms with E-state index in [4.69, 9.17) is 5.11 Å². The van der Waals surface area contributed by atoms with Gasteiger partial charge in [0.2, 0.25) is 0 Å². The third-order valence-corrected chi connectivity index (χ3v) is 6.51. The Morgan fingerprint density at radius 3 is 1.33 bits per heavy atom. The number of aliphatic hydroxyl groups is 1. The molecule has 1 N–H and O–H groups in total. The van der Waals surface area contributed by atoms with Gasteiger partial charge in [-0.25, -0.2) is 8.42 Å². The second kappa shape index (κ2) is 21.6. The molecule has 0 fully saturated rings. The molecule has 0 spiro atoms. The molecule has 6 heteroatoms. The number of unbranched alkanes of at least 4 members (excludes halogenated alkanes) is 14. The molecular formula is C21H43NaO4S. The Hall–Kier alpha value is 0.870. The second-order valence-corrected chi connectivity index (χ2v) is 9.37. The maximum absolute atomic E-state index is 11.3. The van der Waals surface area contributed by atoms with Crippen molar-refractivity contribution in [1.82, 2.24) is 0 Å². The van der Waals surface area contributed by atoms with E-state index in [-0.39, 0.29) is 36.2 Å². The fraction of sp³-hybridized carbons (Fsp3) is 1.00. The van der Waals surface area contributed by atoms with E-state index >= 15 is 0 Å². The molecule has 158 valence electrons. The molecule has 0 saturated carbocycles. The van der Waals surface area contributed by atoms with Crippen molar-refractivity contribution < 1.29 is 47.6 Å². The fourth-order valence-corrected chi connectivity index (χ4v) is 4.39. The molecule has 0 heterocycles. The van der Waals surface area contributed by atoms with Gasteiger partial charge in [0, 0.05) is 11.9 Å². The summed E-state index contributed by atoms with van der Waals surface area (Å²) < 4.78 is 33.8. The predicted octanol–water partition coefficient (Wildman–Crippen LogP) is 2.94. The standard InChI is InChI=1S/C21H44O4S.Na/c1-2-3-4-5-6-7-8-9-10-11-12-13-14-15-18-21(26(23,24)25)19-16-17-20-22;/h21-22H,2-20H2,1H3,(H,23,24,25);/q;+1/p-1. The van der Waals surface area contributed by atoms with Crippen LogP contribution in [0.5, 0.6) is 0 Å². The third-order valence-electron chi connectivity index (χ3n) is 5.22. The first-order chi connectivity index (χ1) is 12.5. The van der Waals surface area contributed by atoms with Gasteiger partial charge in [-0.15, -0.1) is 0 Å².